The van der Waals surface area contributed by atoms with Crippen LogP contribution in [0.4, 0.5) is 17.1 Å². The van der Waals surface area contributed by atoms with Gasteiger partial charge in [-0.1, -0.05) is 64.1 Å². The summed E-state index contributed by atoms with van der Waals surface area (Å²) in [7, 11) is 0. The van der Waals surface area contributed by atoms with E-state index >= 15 is 0 Å². The van der Waals surface area contributed by atoms with Crippen molar-refractivity contribution in [3.8, 4) is 22.3 Å². The zero-order valence-corrected chi connectivity index (χ0v) is 31.8. The average molecular weight is 681 g/mol. The second-order valence-electron chi connectivity index (χ2n) is 17.0. The van der Waals surface area contributed by atoms with Gasteiger partial charge in [-0.05, 0) is 156 Å². The van der Waals surface area contributed by atoms with Gasteiger partial charge in [0.15, 0.2) is 0 Å². The summed E-state index contributed by atoms with van der Waals surface area (Å²) in [6.45, 7) is 19.2. The highest BCUT2D eigenvalue weighted by molar-refractivity contribution is 6.22. The number of benzene rings is 4. The van der Waals surface area contributed by atoms with Crippen molar-refractivity contribution in [3.05, 3.63) is 139 Å². The molecular weight excluding hydrogens is 633 g/mol. The minimum atomic E-state index is -0.154. The summed E-state index contributed by atoms with van der Waals surface area (Å²) in [6, 6.07) is 31.9. The van der Waals surface area contributed by atoms with Gasteiger partial charge >= 0.3 is 0 Å². The molecule has 0 spiro atoms. The summed E-state index contributed by atoms with van der Waals surface area (Å²) >= 11 is 0. The van der Waals surface area contributed by atoms with E-state index in [0.29, 0.717) is 0 Å². The number of anilines is 3. The fraction of sp³-hybridized carbons (Fsp3) is 0.292. The van der Waals surface area contributed by atoms with Gasteiger partial charge in [-0.15, -0.1) is 0 Å². The van der Waals surface area contributed by atoms with Gasteiger partial charge in [-0.3, -0.25) is 9.97 Å². The van der Waals surface area contributed by atoms with Crippen molar-refractivity contribution in [1.82, 2.24) is 9.97 Å². The van der Waals surface area contributed by atoms with Gasteiger partial charge in [0.25, 0.3) is 0 Å². The Morgan fingerprint density at radius 1 is 0.538 bits per heavy atom. The molecule has 2 aromatic heterocycles. The van der Waals surface area contributed by atoms with Crippen molar-refractivity contribution >= 4 is 38.6 Å². The number of hydrogen-bond donors (Lipinski definition) is 0. The molecule has 4 heteroatoms. The first-order chi connectivity index (χ1) is 24.9. The number of rotatable bonds is 4. The van der Waals surface area contributed by atoms with E-state index < -0.39 is 0 Å². The first-order valence-corrected chi connectivity index (χ1v) is 18.8. The first kappa shape index (κ1) is 32.7. The maximum Gasteiger partial charge on any atom is 0.0487 e. The van der Waals surface area contributed by atoms with E-state index in [4.69, 9.17) is 0 Å². The molecule has 0 saturated heterocycles. The van der Waals surface area contributed by atoms with Crippen LogP contribution in [0.1, 0.15) is 73.8 Å². The lowest BCUT2D eigenvalue weighted by atomic mass is 9.70. The van der Waals surface area contributed by atoms with E-state index in [1.54, 1.807) is 5.57 Å². The number of fused-ring (bicyclic) bond motifs is 3. The molecule has 0 bridgehead atoms. The fourth-order valence-corrected chi connectivity index (χ4v) is 9.62. The second kappa shape index (κ2) is 11.1. The molecule has 6 aromatic rings. The molecule has 0 N–H and O–H groups in total. The lowest BCUT2D eigenvalue weighted by Crippen LogP contribution is -2.48. The summed E-state index contributed by atoms with van der Waals surface area (Å²) in [6.07, 6.45) is 14.6. The zero-order chi connectivity index (χ0) is 36.2. The minimum absolute atomic E-state index is 0.0362. The zero-order valence-electron chi connectivity index (χ0n) is 31.8. The predicted octanol–water partition coefficient (Wildman–Crippen LogP) is 12.6. The Kier molecular flexibility index (Phi) is 7.00. The van der Waals surface area contributed by atoms with Crippen molar-refractivity contribution in [2.45, 2.75) is 84.7 Å². The van der Waals surface area contributed by atoms with Crippen molar-refractivity contribution in [2.75, 3.05) is 9.80 Å². The molecular formula is C48H48N4. The SMILES string of the molecule is CC1(C)C2=C(C=CCC2)N(c2ccc3c(-c4ccncc4)c4cc(N5c6ccccc6C(C)(C)C5(C)C)ccc4c(-c4ccncc4)c3c2)C1(C)C. The lowest BCUT2D eigenvalue weighted by Gasteiger charge is -2.44. The molecule has 4 nitrogen and oxygen atoms in total. The Labute approximate surface area is 308 Å². The Bertz CT molecular complexity index is 2470. The van der Waals surface area contributed by atoms with Crippen LogP contribution in [0.5, 0.6) is 0 Å². The van der Waals surface area contributed by atoms with Gasteiger partial charge in [0.1, 0.15) is 0 Å². The normalized spacial score (nSPS) is 19.4. The monoisotopic (exact) mass is 680 g/mol. The quantitative estimate of drug-likeness (QED) is 0.174. The largest absolute Gasteiger partial charge is 0.335 e. The Morgan fingerprint density at radius 3 is 1.63 bits per heavy atom. The number of nitrogens with zero attached hydrogens (tertiary/aromatic N) is 4. The van der Waals surface area contributed by atoms with Gasteiger partial charge in [-0.25, -0.2) is 0 Å². The molecule has 1 aliphatic carbocycles. The average Bonchev–Trinajstić information content (AvgIpc) is 3.41. The molecule has 260 valence electrons. The molecule has 0 unspecified atom stereocenters. The van der Waals surface area contributed by atoms with Crippen LogP contribution in [0, 0.1) is 5.41 Å². The highest BCUT2D eigenvalue weighted by Gasteiger charge is 2.53. The maximum atomic E-state index is 4.44. The third kappa shape index (κ3) is 4.33. The smallest absolute Gasteiger partial charge is 0.0487 e. The molecule has 0 radical (unpaired) electrons. The van der Waals surface area contributed by atoms with Crippen LogP contribution in [0.3, 0.4) is 0 Å². The van der Waals surface area contributed by atoms with E-state index in [-0.39, 0.29) is 21.9 Å². The van der Waals surface area contributed by atoms with E-state index in [1.807, 2.05) is 24.8 Å². The molecule has 0 saturated carbocycles. The van der Waals surface area contributed by atoms with Crippen LogP contribution in [0.25, 0.3) is 43.8 Å². The van der Waals surface area contributed by atoms with Crippen molar-refractivity contribution in [2.24, 2.45) is 5.41 Å². The van der Waals surface area contributed by atoms with Gasteiger partial charge in [-0.2, -0.15) is 0 Å². The molecule has 0 atom stereocenters. The molecule has 4 heterocycles. The summed E-state index contributed by atoms with van der Waals surface area (Å²) in [5, 5.41) is 4.94. The van der Waals surface area contributed by atoms with Crippen LogP contribution < -0.4 is 9.80 Å². The number of aromatic nitrogens is 2. The van der Waals surface area contributed by atoms with Crippen LogP contribution in [-0.2, 0) is 5.41 Å². The van der Waals surface area contributed by atoms with Gasteiger partial charge in [0.2, 0.25) is 0 Å². The minimum Gasteiger partial charge on any atom is -0.335 e. The van der Waals surface area contributed by atoms with Gasteiger partial charge in [0.05, 0.1) is 0 Å². The molecule has 52 heavy (non-hydrogen) atoms. The van der Waals surface area contributed by atoms with Crippen LogP contribution in [0.2, 0.25) is 0 Å². The molecule has 0 fully saturated rings. The van der Waals surface area contributed by atoms with Gasteiger partial charge in [0, 0.05) is 69.5 Å². The summed E-state index contributed by atoms with van der Waals surface area (Å²) < 4.78 is 0. The number of hydrogen-bond acceptors (Lipinski definition) is 4. The third-order valence-electron chi connectivity index (χ3n) is 13.7. The summed E-state index contributed by atoms with van der Waals surface area (Å²) in [4.78, 5) is 14.1. The Hall–Kier alpha value is -5.22. The predicted molar refractivity (Wildman–Crippen MR) is 219 cm³/mol. The third-order valence-corrected chi connectivity index (χ3v) is 13.7. The summed E-state index contributed by atoms with van der Waals surface area (Å²) in [5.41, 5.74) is 12.6. The fourth-order valence-electron chi connectivity index (χ4n) is 9.62. The Balaban J connectivity index is 1.37. The maximum absolute atomic E-state index is 4.44. The molecule has 9 rings (SSSR count). The van der Waals surface area contributed by atoms with Gasteiger partial charge < -0.3 is 9.80 Å². The van der Waals surface area contributed by atoms with Crippen molar-refractivity contribution < 1.29 is 0 Å². The number of pyridine rings is 2. The van der Waals surface area contributed by atoms with E-state index in [2.05, 4.69) is 172 Å². The lowest BCUT2D eigenvalue weighted by molar-refractivity contribution is 0.269. The second-order valence-corrected chi connectivity index (χ2v) is 17.0. The van der Waals surface area contributed by atoms with Crippen LogP contribution >= 0.6 is 0 Å². The molecule has 4 aromatic carbocycles. The first-order valence-electron chi connectivity index (χ1n) is 18.8. The van der Waals surface area contributed by atoms with E-state index in [0.717, 1.165) is 12.8 Å². The number of para-hydroxylation sites is 1. The van der Waals surface area contributed by atoms with Crippen molar-refractivity contribution in [1.29, 1.82) is 0 Å². The summed E-state index contributed by atoms with van der Waals surface area (Å²) in [5.74, 6) is 0. The van der Waals surface area contributed by atoms with E-state index in [1.165, 1.54) is 72.1 Å². The van der Waals surface area contributed by atoms with E-state index in [9.17, 15) is 0 Å². The molecule has 3 aliphatic rings. The highest BCUT2D eigenvalue weighted by Crippen LogP contribution is 2.58. The standard InChI is InChI=1S/C48H48N4/c1-45(2)39-13-9-11-15-41(39)51(47(45,5)6)33-17-19-35-37(29-33)43(31-21-25-49-26-22-31)36-20-18-34(30-38(36)44(35)32-23-27-50-28-24-32)52-42-16-12-10-14-40(42)46(3,4)48(52,7)8/h9,11-13,15-30H,10,14H2,1-8H3. The van der Waals surface area contributed by atoms with Crippen LogP contribution in [0.15, 0.2) is 133 Å². The van der Waals surface area contributed by atoms with Crippen molar-refractivity contribution in [3.63, 3.8) is 0 Å². The topological polar surface area (TPSA) is 32.3 Å². The van der Waals surface area contributed by atoms with Crippen LogP contribution in [-0.4, -0.2) is 21.0 Å². The number of allylic oxidation sites excluding steroid dienone is 2. The molecule has 2 aliphatic heterocycles. The Morgan fingerprint density at radius 2 is 1.06 bits per heavy atom. The molecule has 0 amide bonds. The highest BCUT2D eigenvalue weighted by atomic mass is 15.3.